The Morgan fingerprint density at radius 3 is 2.69 bits per heavy atom. The summed E-state index contributed by atoms with van der Waals surface area (Å²) in [6.45, 7) is 0. The van der Waals surface area contributed by atoms with Crippen molar-refractivity contribution in [3.05, 3.63) is 34.3 Å². The van der Waals surface area contributed by atoms with Crippen LogP contribution in [0.25, 0.3) is 0 Å². The molecule has 84 valence electrons. The lowest BCUT2D eigenvalue weighted by molar-refractivity contribution is 0.0697. The second-order valence-corrected chi connectivity index (χ2v) is 3.18. The third-order valence-electron chi connectivity index (χ3n) is 1.64. The summed E-state index contributed by atoms with van der Waals surface area (Å²) in [5.41, 5.74) is 10.4. The fourth-order valence-corrected chi connectivity index (χ4v) is 1.23. The Hall–Kier alpha value is -2.08. The van der Waals surface area contributed by atoms with E-state index >= 15 is 0 Å². The summed E-state index contributed by atoms with van der Waals surface area (Å²) in [5, 5.41) is 16.0. The van der Waals surface area contributed by atoms with Crippen molar-refractivity contribution in [2.24, 2.45) is 21.7 Å². The first-order valence-electron chi connectivity index (χ1n) is 4.16. The van der Waals surface area contributed by atoms with E-state index in [1.165, 1.54) is 18.3 Å². The number of aromatic carboxylic acids is 1. The molecule has 0 bridgehead atoms. The summed E-state index contributed by atoms with van der Waals surface area (Å²) in [7, 11) is 0. The fourth-order valence-electron chi connectivity index (χ4n) is 1.01. The van der Waals surface area contributed by atoms with Crippen LogP contribution in [-0.2, 0) is 0 Å². The zero-order chi connectivity index (χ0) is 12.1. The quantitative estimate of drug-likeness (QED) is 0.409. The maximum atomic E-state index is 10.9. The molecule has 5 N–H and O–H groups in total. The first kappa shape index (κ1) is 12.0. The van der Waals surface area contributed by atoms with Crippen molar-refractivity contribution < 1.29 is 9.90 Å². The summed E-state index contributed by atoms with van der Waals surface area (Å²) in [6, 6.07) is 4.49. The zero-order valence-electron chi connectivity index (χ0n) is 8.09. The molecule has 0 saturated heterocycles. The molecular weight excluding hydrogens is 232 g/mol. The summed E-state index contributed by atoms with van der Waals surface area (Å²) < 4.78 is 0. The molecule has 16 heavy (non-hydrogen) atoms. The van der Waals surface area contributed by atoms with Crippen LogP contribution in [0, 0.1) is 0 Å². The van der Waals surface area contributed by atoms with Gasteiger partial charge in [-0.2, -0.15) is 5.10 Å². The molecule has 0 radical (unpaired) electrons. The van der Waals surface area contributed by atoms with Gasteiger partial charge in [-0.1, -0.05) is 17.7 Å². The van der Waals surface area contributed by atoms with Crippen LogP contribution in [0.1, 0.15) is 15.9 Å². The van der Waals surface area contributed by atoms with E-state index < -0.39 is 5.97 Å². The van der Waals surface area contributed by atoms with Gasteiger partial charge in [0.2, 0.25) is 5.96 Å². The largest absolute Gasteiger partial charge is 0.478 e. The van der Waals surface area contributed by atoms with E-state index in [0.29, 0.717) is 0 Å². The molecule has 7 heteroatoms. The standard InChI is InChI=1S/C9H9ClN4O2/c10-7-3-1-2-5(8(15)16)6(7)4-13-14-9(11)12/h1-4H,(H,15,16)(H4,11,12,14). The van der Waals surface area contributed by atoms with Gasteiger partial charge in [0.1, 0.15) is 0 Å². The summed E-state index contributed by atoms with van der Waals surface area (Å²) in [4.78, 5) is 10.9. The topological polar surface area (TPSA) is 114 Å². The Morgan fingerprint density at radius 2 is 2.12 bits per heavy atom. The van der Waals surface area contributed by atoms with Crippen molar-refractivity contribution in [2.75, 3.05) is 0 Å². The minimum atomic E-state index is -1.10. The van der Waals surface area contributed by atoms with Gasteiger partial charge in [-0.15, -0.1) is 5.10 Å². The molecule has 0 saturated carbocycles. The molecule has 6 nitrogen and oxygen atoms in total. The Bertz CT molecular complexity index is 467. The second-order valence-electron chi connectivity index (χ2n) is 2.78. The van der Waals surface area contributed by atoms with E-state index in [0.717, 1.165) is 0 Å². The number of hydrogen-bond acceptors (Lipinski definition) is 3. The number of benzene rings is 1. The summed E-state index contributed by atoms with van der Waals surface area (Å²) in [5.74, 6) is -1.33. The van der Waals surface area contributed by atoms with Crippen LogP contribution in [0.3, 0.4) is 0 Å². The third kappa shape index (κ3) is 2.96. The number of nitrogens with zero attached hydrogens (tertiary/aromatic N) is 2. The van der Waals surface area contributed by atoms with Crippen LogP contribution >= 0.6 is 11.6 Å². The van der Waals surface area contributed by atoms with Gasteiger partial charge in [0.25, 0.3) is 0 Å². The van der Waals surface area contributed by atoms with Crippen LogP contribution in [-0.4, -0.2) is 23.2 Å². The average molecular weight is 241 g/mol. The van der Waals surface area contributed by atoms with Gasteiger partial charge < -0.3 is 16.6 Å². The van der Waals surface area contributed by atoms with E-state index in [-0.39, 0.29) is 22.1 Å². The van der Waals surface area contributed by atoms with Gasteiger partial charge in [0, 0.05) is 5.56 Å². The Kier molecular flexibility index (Phi) is 3.84. The summed E-state index contributed by atoms with van der Waals surface area (Å²) >= 11 is 5.82. The Balaban J connectivity index is 3.16. The minimum absolute atomic E-state index is 0.0297. The molecule has 1 rings (SSSR count). The van der Waals surface area contributed by atoms with Crippen LogP contribution in [0.4, 0.5) is 0 Å². The Labute approximate surface area is 96.2 Å². The van der Waals surface area contributed by atoms with E-state index in [9.17, 15) is 4.79 Å². The number of rotatable bonds is 3. The van der Waals surface area contributed by atoms with E-state index in [4.69, 9.17) is 28.2 Å². The molecule has 1 aromatic carbocycles. The lowest BCUT2D eigenvalue weighted by atomic mass is 10.1. The number of carboxylic acid groups (broad SMARTS) is 1. The summed E-state index contributed by atoms with van der Waals surface area (Å²) in [6.07, 6.45) is 1.19. The molecule has 0 spiro atoms. The maximum absolute atomic E-state index is 10.9. The van der Waals surface area contributed by atoms with Crippen LogP contribution in [0.15, 0.2) is 28.4 Å². The maximum Gasteiger partial charge on any atom is 0.336 e. The number of nitrogens with two attached hydrogens (primary N) is 2. The van der Waals surface area contributed by atoms with E-state index in [2.05, 4.69) is 10.2 Å². The number of carboxylic acids is 1. The highest BCUT2D eigenvalue weighted by molar-refractivity contribution is 6.33. The van der Waals surface area contributed by atoms with Gasteiger partial charge in [0.15, 0.2) is 0 Å². The van der Waals surface area contributed by atoms with Crippen LogP contribution < -0.4 is 11.5 Å². The predicted octanol–water partition coefficient (Wildman–Crippen LogP) is 0.646. The smallest absolute Gasteiger partial charge is 0.336 e. The molecule has 0 aromatic heterocycles. The first-order chi connectivity index (χ1) is 7.52. The highest BCUT2D eigenvalue weighted by Gasteiger charge is 2.10. The zero-order valence-corrected chi connectivity index (χ0v) is 8.85. The highest BCUT2D eigenvalue weighted by atomic mass is 35.5. The molecular formula is C9H9ClN4O2. The second kappa shape index (κ2) is 5.13. The molecule has 0 atom stereocenters. The lowest BCUT2D eigenvalue weighted by Gasteiger charge is -2.01. The molecule has 0 amide bonds. The van der Waals surface area contributed by atoms with E-state index in [1.54, 1.807) is 6.07 Å². The van der Waals surface area contributed by atoms with Crippen LogP contribution in [0.2, 0.25) is 5.02 Å². The van der Waals surface area contributed by atoms with Gasteiger partial charge in [-0.25, -0.2) is 4.79 Å². The number of guanidine groups is 1. The lowest BCUT2D eigenvalue weighted by Crippen LogP contribution is -2.21. The molecule has 1 aromatic rings. The van der Waals surface area contributed by atoms with Gasteiger partial charge in [0.05, 0.1) is 16.8 Å². The van der Waals surface area contributed by atoms with Crippen molar-refractivity contribution in [3.63, 3.8) is 0 Å². The molecule has 0 heterocycles. The van der Waals surface area contributed by atoms with E-state index in [1.807, 2.05) is 0 Å². The predicted molar refractivity (Wildman–Crippen MR) is 61.8 cm³/mol. The SMILES string of the molecule is NC(N)=NN=Cc1c(Cl)cccc1C(=O)O. The fraction of sp³-hybridized carbons (Fsp3) is 0. The highest BCUT2D eigenvalue weighted by Crippen LogP contribution is 2.18. The van der Waals surface area contributed by atoms with Crippen molar-refractivity contribution in [3.8, 4) is 0 Å². The molecule has 0 aliphatic rings. The monoisotopic (exact) mass is 240 g/mol. The molecule has 0 aliphatic carbocycles. The van der Waals surface area contributed by atoms with Crippen molar-refractivity contribution in [1.82, 2.24) is 0 Å². The molecule has 0 fully saturated rings. The van der Waals surface area contributed by atoms with Crippen molar-refractivity contribution >= 4 is 29.7 Å². The third-order valence-corrected chi connectivity index (χ3v) is 1.97. The van der Waals surface area contributed by atoms with Crippen LogP contribution in [0.5, 0.6) is 0 Å². The number of halogens is 1. The average Bonchev–Trinajstić information content (AvgIpc) is 2.19. The Morgan fingerprint density at radius 1 is 1.44 bits per heavy atom. The van der Waals surface area contributed by atoms with Crippen molar-refractivity contribution in [2.45, 2.75) is 0 Å². The molecule has 0 unspecified atom stereocenters. The normalized spacial score (nSPS) is 10.3. The van der Waals surface area contributed by atoms with Crippen molar-refractivity contribution in [1.29, 1.82) is 0 Å². The van der Waals surface area contributed by atoms with Gasteiger partial charge in [-0.3, -0.25) is 0 Å². The number of carbonyl (C=O) groups is 1. The van der Waals surface area contributed by atoms with Gasteiger partial charge >= 0.3 is 5.97 Å². The first-order valence-corrected chi connectivity index (χ1v) is 4.54. The minimum Gasteiger partial charge on any atom is -0.478 e. The molecule has 0 aliphatic heterocycles. The number of hydrogen-bond donors (Lipinski definition) is 3. The van der Waals surface area contributed by atoms with Gasteiger partial charge in [-0.05, 0) is 12.1 Å².